The van der Waals surface area contributed by atoms with E-state index < -0.39 is 29.5 Å². The minimum absolute atomic E-state index is 0.00556. The second kappa shape index (κ2) is 8.52. The second-order valence-electron chi connectivity index (χ2n) is 5.20. The number of rotatable bonds is 7. The van der Waals surface area contributed by atoms with E-state index in [1.807, 2.05) is 0 Å². The average molecular weight is 288 g/mol. The molecule has 1 amide bonds. The number of hydrogen-bond acceptors (Lipinski definition) is 6. The maximum absolute atomic E-state index is 11.7. The maximum Gasteiger partial charge on any atom is 0.328 e. The van der Waals surface area contributed by atoms with Crippen molar-refractivity contribution in [1.29, 1.82) is 0 Å². The zero-order valence-electron chi connectivity index (χ0n) is 12.5. The molecule has 0 spiro atoms. The van der Waals surface area contributed by atoms with Crippen LogP contribution in [0.5, 0.6) is 0 Å². The molecular weight excluding hydrogens is 264 g/mol. The Morgan fingerprint density at radius 3 is 2.30 bits per heavy atom. The summed E-state index contributed by atoms with van der Waals surface area (Å²) in [6.45, 7) is 6.88. The van der Waals surface area contributed by atoms with Gasteiger partial charge in [0.25, 0.3) is 0 Å². The number of nitrogens with two attached hydrogens (primary N) is 1. The van der Waals surface area contributed by atoms with Gasteiger partial charge < -0.3 is 20.5 Å². The van der Waals surface area contributed by atoms with Gasteiger partial charge in [0.05, 0.1) is 13.2 Å². The number of hydrogen-bond donors (Lipinski definition) is 2. The van der Waals surface area contributed by atoms with Crippen LogP contribution in [0.2, 0.25) is 0 Å². The van der Waals surface area contributed by atoms with Gasteiger partial charge in [-0.05, 0) is 34.1 Å². The quantitative estimate of drug-likeness (QED) is 0.644. The van der Waals surface area contributed by atoms with E-state index in [1.54, 1.807) is 27.7 Å². The number of esters is 2. The van der Waals surface area contributed by atoms with E-state index in [1.165, 1.54) is 0 Å². The van der Waals surface area contributed by atoms with Crippen LogP contribution in [0.15, 0.2) is 0 Å². The minimum atomic E-state index is -0.890. The van der Waals surface area contributed by atoms with Crippen molar-refractivity contribution in [1.82, 2.24) is 5.32 Å². The highest BCUT2D eigenvalue weighted by Gasteiger charge is 2.24. The highest BCUT2D eigenvalue weighted by Crippen LogP contribution is 2.10. The highest BCUT2D eigenvalue weighted by atomic mass is 16.6. The van der Waals surface area contributed by atoms with E-state index in [4.69, 9.17) is 15.2 Å². The minimum Gasteiger partial charge on any atom is -0.464 e. The molecule has 0 saturated carbocycles. The lowest BCUT2D eigenvalue weighted by molar-refractivity contribution is -0.155. The summed E-state index contributed by atoms with van der Waals surface area (Å²) in [5, 5.41) is 2.42. The molecule has 20 heavy (non-hydrogen) atoms. The van der Waals surface area contributed by atoms with Crippen LogP contribution in [-0.4, -0.2) is 42.6 Å². The molecule has 0 heterocycles. The molecule has 3 N–H and O–H groups in total. The first-order chi connectivity index (χ1) is 9.19. The van der Waals surface area contributed by atoms with Crippen LogP contribution in [0.4, 0.5) is 0 Å². The molecule has 1 atom stereocenters. The second-order valence-corrected chi connectivity index (χ2v) is 5.20. The molecule has 0 aromatic carbocycles. The van der Waals surface area contributed by atoms with Gasteiger partial charge in [0.2, 0.25) is 5.91 Å². The van der Waals surface area contributed by atoms with Crippen LogP contribution in [0.25, 0.3) is 0 Å². The number of carbonyl (C=O) groups is 3. The van der Waals surface area contributed by atoms with Gasteiger partial charge in [0.1, 0.15) is 11.6 Å². The Bertz CT molecular complexity index is 349. The molecule has 0 unspecified atom stereocenters. The molecule has 7 heteroatoms. The average Bonchev–Trinajstić information content (AvgIpc) is 2.32. The van der Waals surface area contributed by atoms with E-state index in [-0.39, 0.29) is 26.0 Å². The number of amides is 1. The summed E-state index contributed by atoms with van der Waals surface area (Å²) in [7, 11) is 0. The zero-order valence-corrected chi connectivity index (χ0v) is 12.5. The zero-order chi connectivity index (χ0) is 15.8. The van der Waals surface area contributed by atoms with Crippen molar-refractivity contribution in [2.75, 3.05) is 13.2 Å². The van der Waals surface area contributed by atoms with Crippen molar-refractivity contribution in [3.63, 3.8) is 0 Å². The number of ether oxygens (including phenoxy) is 2. The largest absolute Gasteiger partial charge is 0.464 e. The van der Waals surface area contributed by atoms with Crippen LogP contribution >= 0.6 is 0 Å². The van der Waals surface area contributed by atoms with Gasteiger partial charge in [0.15, 0.2) is 0 Å². The summed E-state index contributed by atoms with van der Waals surface area (Å²) in [6.07, 6.45) is 0.116. The summed E-state index contributed by atoms with van der Waals surface area (Å²) in [4.78, 5) is 34.5. The Morgan fingerprint density at radius 1 is 1.25 bits per heavy atom. The first-order valence-electron chi connectivity index (χ1n) is 6.57. The first-order valence-corrected chi connectivity index (χ1v) is 6.57. The molecule has 0 aliphatic rings. The third-order valence-electron chi connectivity index (χ3n) is 2.15. The molecule has 0 bridgehead atoms. The van der Waals surface area contributed by atoms with Crippen molar-refractivity contribution in [3.8, 4) is 0 Å². The standard InChI is InChI=1S/C13H24N2O5/c1-5-19-12(18)9(15-10(16)8-14)6-7-11(17)20-13(2,3)4/h9H,5-8,14H2,1-4H3,(H,15,16)/t9-/m1/s1. The summed E-state index contributed by atoms with van der Waals surface area (Å²) >= 11 is 0. The molecule has 0 rings (SSSR count). The Hall–Kier alpha value is -1.63. The van der Waals surface area contributed by atoms with Crippen LogP contribution in [0.1, 0.15) is 40.5 Å². The SMILES string of the molecule is CCOC(=O)[C@@H](CCC(=O)OC(C)(C)C)NC(=O)CN. The van der Waals surface area contributed by atoms with Crippen LogP contribution in [0.3, 0.4) is 0 Å². The molecule has 0 radical (unpaired) electrons. The molecule has 0 saturated heterocycles. The van der Waals surface area contributed by atoms with Crippen molar-refractivity contribution < 1.29 is 23.9 Å². The molecular formula is C13H24N2O5. The molecule has 0 aromatic heterocycles. The van der Waals surface area contributed by atoms with Gasteiger partial charge >= 0.3 is 11.9 Å². The van der Waals surface area contributed by atoms with E-state index in [9.17, 15) is 14.4 Å². The third-order valence-corrected chi connectivity index (χ3v) is 2.15. The van der Waals surface area contributed by atoms with Crippen molar-refractivity contribution >= 4 is 17.8 Å². The summed E-state index contributed by atoms with van der Waals surface area (Å²) < 4.78 is 9.97. The lowest BCUT2D eigenvalue weighted by Crippen LogP contribution is -2.44. The molecule has 0 aliphatic heterocycles. The van der Waals surface area contributed by atoms with Gasteiger partial charge in [-0.3, -0.25) is 9.59 Å². The van der Waals surface area contributed by atoms with E-state index >= 15 is 0 Å². The fourth-order valence-corrected chi connectivity index (χ4v) is 1.40. The third kappa shape index (κ3) is 8.47. The molecule has 0 aliphatic carbocycles. The summed E-state index contributed by atoms with van der Waals surface area (Å²) in [6, 6.07) is -0.890. The van der Waals surface area contributed by atoms with Gasteiger partial charge in [-0.1, -0.05) is 0 Å². The molecule has 0 fully saturated rings. The van der Waals surface area contributed by atoms with E-state index in [0.29, 0.717) is 0 Å². The lowest BCUT2D eigenvalue weighted by atomic mass is 10.1. The van der Waals surface area contributed by atoms with E-state index in [2.05, 4.69) is 5.32 Å². The smallest absolute Gasteiger partial charge is 0.328 e. The van der Waals surface area contributed by atoms with Crippen LogP contribution in [-0.2, 0) is 23.9 Å². The van der Waals surface area contributed by atoms with Crippen LogP contribution < -0.4 is 11.1 Å². The lowest BCUT2D eigenvalue weighted by Gasteiger charge is -2.21. The number of carbonyl (C=O) groups excluding carboxylic acids is 3. The monoisotopic (exact) mass is 288 g/mol. The van der Waals surface area contributed by atoms with Crippen molar-refractivity contribution in [2.45, 2.75) is 52.2 Å². The Morgan fingerprint density at radius 2 is 1.85 bits per heavy atom. The van der Waals surface area contributed by atoms with Gasteiger partial charge in [-0.25, -0.2) is 4.79 Å². The Labute approximate surface area is 119 Å². The predicted molar refractivity (Wildman–Crippen MR) is 72.7 cm³/mol. The van der Waals surface area contributed by atoms with Crippen molar-refractivity contribution in [3.05, 3.63) is 0 Å². The summed E-state index contributed by atoms with van der Waals surface area (Å²) in [5.41, 5.74) is 4.59. The van der Waals surface area contributed by atoms with E-state index in [0.717, 1.165) is 0 Å². The first kappa shape index (κ1) is 18.4. The maximum atomic E-state index is 11.7. The highest BCUT2D eigenvalue weighted by molar-refractivity contribution is 5.85. The van der Waals surface area contributed by atoms with Gasteiger partial charge in [0, 0.05) is 6.42 Å². The molecule has 0 aromatic rings. The predicted octanol–water partition coefficient (Wildman–Crippen LogP) is 0.115. The fourth-order valence-electron chi connectivity index (χ4n) is 1.40. The normalized spacial score (nSPS) is 12.4. The molecule has 7 nitrogen and oxygen atoms in total. The number of nitrogens with one attached hydrogen (secondary N) is 1. The summed E-state index contributed by atoms with van der Waals surface area (Å²) in [5.74, 6) is -1.50. The van der Waals surface area contributed by atoms with Gasteiger partial charge in [-0.15, -0.1) is 0 Å². The fraction of sp³-hybridized carbons (Fsp3) is 0.769. The Kier molecular flexibility index (Phi) is 7.83. The van der Waals surface area contributed by atoms with Crippen molar-refractivity contribution in [2.24, 2.45) is 5.73 Å². The molecule has 116 valence electrons. The van der Waals surface area contributed by atoms with Gasteiger partial charge in [-0.2, -0.15) is 0 Å². The van der Waals surface area contributed by atoms with Crippen LogP contribution in [0, 0.1) is 0 Å². The topological polar surface area (TPSA) is 108 Å². The Balaban J connectivity index is 4.46.